The molecular weight excluding hydrogens is 338 g/mol. The largest absolute Gasteiger partial charge is 0.495 e. The molecule has 0 radical (unpaired) electrons. The van der Waals surface area contributed by atoms with Crippen LogP contribution in [0.15, 0.2) is 54.7 Å². The minimum Gasteiger partial charge on any atom is -0.495 e. The van der Waals surface area contributed by atoms with E-state index in [0.29, 0.717) is 28.1 Å². The molecule has 0 unspecified atom stereocenters. The quantitative estimate of drug-likeness (QED) is 0.704. The van der Waals surface area contributed by atoms with E-state index in [4.69, 9.17) is 21.6 Å². The molecule has 0 saturated heterocycles. The zero-order valence-electron chi connectivity index (χ0n) is 13.3. The Kier molecular flexibility index (Phi) is 4.97. The van der Waals surface area contributed by atoms with Crippen LogP contribution in [0.4, 0.5) is 23.1 Å². The molecule has 3 aromatic rings. The number of ether oxygens (including phenoxy) is 1. The molecule has 25 heavy (non-hydrogen) atoms. The number of hydrogen-bond acceptors (Lipinski definition) is 6. The van der Waals surface area contributed by atoms with Gasteiger partial charge in [0.1, 0.15) is 11.6 Å². The van der Waals surface area contributed by atoms with Crippen LogP contribution in [0, 0.1) is 11.3 Å². The van der Waals surface area contributed by atoms with Gasteiger partial charge < -0.3 is 15.4 Å². The lowest BCUT2D eigenvalue weighted by Crippen LogP contribution is -2.00. The van der Waals surface area contributed by atoms with E-state index in [9.17, 15) is 0 Å². The number of methoxy groups -OCH3 is 1. The normalized spacial score (nSPS) is 9.96. The maximum Gasteiger partial charge on any atom is 0.229 e. The van der Waals surface area contributed by atoms with Crippen molar-refractivity contribution in [1.82, 2.24) is 9.97 Å². The lowest BCUT2D eigenvalue weighted by molar-refractivity contribution is 0.415. The van der Waals surface area contributed by atoms with Crippen LogP contribution in [0.5, 0.6) is 5.75 Å². The van der Waals surface area contributed by atoms with Gasteiger partial charge in [0.25, 0.3) is 0 Å². The maximum atomic E-state index is 8.83. The Hall–Kier alpha value is -3.30. The van der Waals surface area contributed by atoms with Gasteiger partial charge in [0.2, 0.25) is 5.95 Å². The van der Waals surface area contributed by atoms with E-state index in [1.807, 2.05) is 18.2 Å². The summed E-state index contributed by atoms with van der Waals surface area (Å²) in [5, 5.41) is 15.6. The molecule has 1 heterocycles. The highest BCUT2D eigenvalue weighted by Gasteiger charge is 2.05. The number of benzene rings is 2. The van der Waals surface area contributed by atoms with Crippen molar-refractivity contribution in [2.45, 2.75) is 0 Å². The van der Waals surface area contributed by atoms with Crippen LogP contribution in [0.1, 0.15) is 5.56 Å². The Labute approximate surface area is 150 Å². The lowest BCUT2D eigenvalue weighted by atomic mass is 10.2. The zero-order chi connectivity index (χ0) is 17.6. The third kappa shape index (κ3) is 4.16. The first-order valence-electron chi connectivity index (χ1n) is 7.39. The molecule has 0 aliphatic heterocycles. The summed E-state index contributed by atoms with van der Waals surface area (Å²) in [5.74, 6) is 1.66. The summed E-state index contributed by atoms with van der Waals surface area (Å²) < 4.78 is 5.13. The van der Waals surface area contributed by atoms with Crippen LogP contribution in [0.3, 0.4) is 0 Å². The number of halogens is 1. The predicted octanol–water partition coefficient (Wildman–Crippen LogP) is 4.50. The van der Waals surface area contributed by atoms with E-state index >= 15 is 0 Å². The molecule has 124 valence electrons. The van der Waals surface area contributed by atoms with Crippen molar-refractivity contribution in [3.8, 4) is 11.8 Å². The van der Waals surface area contributed by atoms with Crippen LogP contribution in [0.25, 0.3) is 0 Å². The summed E-state index contributed by atoms with van der Waals surface area (Å²) in [7, 11) is 1.57. The molecular formula is C18H14ClN5O. The van der Waals surface area contributed by atoms with E-state index in [-0.39, 0.29) is 0 Å². The minimum atomic E-state index is 0.430. The molecule has 0 atom stereocenters. The van der Waals surface area contributed by atoms with Gasteiger partial charge in [0.05, 0.1) is 23.8 Å². The zero-order valence-corrected chi connectivity index (χ0v) is 14.1. The second-order valence-electron chi connectivity index (χ2n) is 5.05. The van der Waals surface area contributed by atoms with E-state index in [0.717, 1.165) is 11.4 Å². The second-order valence-corrected chi connectivity index (χ2v) is 5.46. The van der Waals surface area contributed by atoms with Crippen molar-refractivity contribution in [1.29, 1.82) is 5.26 Å². The molecule has 1 aromatic heterocycles. The van der Waals surface area contributed by atoms with Gasteiger partial charge >= 0.3 is 0 Å². The van der Waals surface area contributed by atoms with Crippen LogP contribution in [-0.4, -0.2) is 17.1 Å². The molecule has 0 saturated carbocycles. The molecule has 0 aliphatic carbocycles. The third-order valence-electron chi connectivity index (χ3n) is 3.35. The first kappa shape index (κ1) is 16.6. The van der Waals surface area contributed by atoms with Gasteiger partial charge in [0, 0.05) is 17.6 Å². The van der Waals surface area contributed by atoms with Gasteiger partial charge in [-0.15, -0.1) is 0 Å². The number of nitriles is 1. The summed E-state index contributed by atoms with van der Waals surface area (Å²) in [6.45, 7) is 0. The fraction of sp³-hybridized carbons (Fsp3) is 0.0556. The smallest absolute Gasteiger partial charge is 0.229 e. The highest BCUT2D eigenvalue weighted by Crippen LogP contribution is 2.28. The summed E-state index contributed by atoms with van der Waals surface area (Å²) >= 11 is 6.12. The highest BCUT2D eigenvalue weighted by molar-refractivity contribution is 6.32. The highest BCUT2D eigenvalue weighted by atomic mass is 35.5. The van der Waals surface area contributed by atoms with Gasteiger partial charge in [-0.2, -0.15) is 10.2 Å². The Morgan fingerprint density at radius 1 is 1.04 bits per heavy atom. The number of rotatable bonds is 5. The van der Waals surface area contributed by atoms with Crippen molar-refractivity contribution in [3.63, 3.8) is 0 Å². The van der Waals surface area contributed by atoms with Crippen LogP contribution in [-0.2, 0) is 0 Å². The fourth-order valence-corrected chi connectivity index (χ4v) is 2.40. The molecule has 7 heteroatoms. The summed E-state index contributed by atoms with van der Waals surface area (Å²) in [4.78, 5) is 8.60. The van der Waals surface area contributed by atoms with E-state index in [2.05, 4.69) is 26.7 Å². The van der Waals surface area contributed by atoms with Crippen molar-refractivity contribution < 1.29 is 4.74 Å². The summed E-state index contributed by atoms with van der Waals surface area (Å²) in [6.07, 6.45) is 1.65. The molecule has 6 nitrogen and oxygen atoms in total. The third-order valence-corrected chi connectivity index (χ3v) is 3.65. The number of nitrogens with zero attached hydrogens (tertiary/aromatic N) is 3. The standard InChI is InChI=1S/C18H14ClN5O/c1-25-16-7-6-14(10-15(16)19)23-18-21-9-8-17(24-18)22-13-4-2-12(11-20)3-5-13/h2-10H,1H3,(H2,21,22,23,24). The van der Waals surface area contributed by atoms with Crippen molar-refractivity contribution in [3.05, 3.63) is 65.3 Å². The van der Waals surface area contributed by atoms with Gasteiger partial charge in [-0.25, -0.2) is 4.98 Å². The van der Waals surface area contributed by atoms with Gasteiger partial charge in [-0.05, 0) is 48.5 Å². The van der Waals surface area contributed by atoms with Crippen LogP contribution >= 0.6 is 11.6 Å². The van der Waals surface area contributed by atoms with Gasteiger partial charge in [0.15, 0.2) is 0 Å². The first-order valence-corrected chi connectivity index (χ1v) is 7.76. The molecule has 0 bridgehead atoms. The lowest BCUT2D eigenvalue weighted by Gasteiger charge is -2.10. The van der Waals surface area contributed by atoms with Crippen LogP contribution < -0.4 is 15.4 Å². The Morgan fingerprint density at radius 2 is 1.80 bits per heavy atom. The molecule has 3 rings (SSSR count). The maximum absolute atomic E-state index is 8.83. The summed E-state index contributed by atoms with van der Waals surface area (Å²) in [5.41, 5.74) is 2.18. The number of nitrogens with one attached hydrogen (secondary N) is 2. The molecule has 2 N–H and O–H groups in total. The van der Waals surface area contributed by atoms with Crippen molar-refractivity contribution in [2.75, 3.05) is 17.7 Å². The number of aromatic nitrogens is 2. The van der Waals surface area contributed by atoms with E-state index in [1.54, 1.807) is 43.6 Å². The van der Waals surface area contributed by atoms with Crippen molar-refractivity contribution in [2.24, 2.45) is 0 Å². The molecule has 0 aliphatic rings. The summed E-state index contributed by atoms with van der Waals surface area (Å²) in [6, 6.07) is 16.3. The second kappa shape index (κ2) is 7.51. The average Bonchev–Trinajstić information content (AvgIpc) is 2.63. The van der Waals surface area contributed by atoms with Crippen molar-refractivity contribution >= 4 is 34.7 Å². The molecule has 0 fully saturated rings. The van der Waals surface area contributed by atoms with E-state index in [1.165, 1.54) is 0 Å². The first-order chi connectivity index (χ1) is 12.2. The molecule has 0 spiro atoms. The van der Waals surface area contributed by atoms with Gasteiger partial charge in [-0.3, -0.25) is 0 Å². The van der Waals surface area contributed by atoms with Gasteiger partial charge in [-0.1, -0.05) is 11.6 Å². The molecule has 2 aromatic carbocycles. The number of anilines is 4. The topological polar surface area (TPSA) is 82.9 Å². The minimum absolute atomic E-state index is 0.430. The average molecular weight is 352 g/mol. The number of hydrogen-bond donors (Lipinski definition) is 2. The SMILES string of the molecule is COc1ccc(Nc2nccc(Nc3ccc(C#N)cc3)n2)cc1Cl. The Morgan fingerprint density at radius 3 is 2.48 bits per heavy atom. The van der Waals surface area contributed by atoms with E-state index < -0.39 is 0 Å². The Bertz CT molecular complexity index is 921. The fourth-order valence-electron chi connectivity index (χ4n) is 2.14. The predicted molar refractivity (Wildman–Crippen MR) is 97.8 cm³/mol. The molecule has 0 amide bonds. The Balaban J connectivity index is 1.74. The monoisotopic (exact) mass is 351 g/mol. The van der Waals surface area contributed by atoms with Crippen LogP contribution in [0.2, 0.25) is 5.02 Å².